The van der Waals surface area contributed by atoms with Crippen molar-refractivity contribution in [3.05, 3.63) is 36.1 Å². The summed E-state index contributed by atoms with van der Waals surface area (Å²) in [5, 5.41) is 8.82. The Morgan fingerprint density at radius 2 is 2.10 bits per heavy atom. The quantitative estimate of drug-likeness (QED) is 0.877. The highest BCUT2D eigenvalue weighted by atomic mass is 16.5. The Morgan fingerprint density at radius 1 is 1.29 bits per heavy atom. The van der Waals surface area contributed by atoms with E-state index in [-0.39, 0.29) is 18.4 Å². The van der Waals surface area contributed by atoms with Crippen LogP contribution in [0.2, 0.25) is 0 Å². The molecule has 0 radical (unpaired) electrons. The molecule has 2 N–H and O–H groups in total. The molecule has 7 nitrogen and oxygen atoms in total. The van der Waals surface area contributed by atoms with Gasteiger partial charge in [0.2, 0.25) is 5.91 Å². The van der Waals surface area contributed by atoms with Gasteiger partial charge in [-0.25, -0.2) is 0 Å². The van der Waals surface area contributed by atoms with E-state index in [2.05, 4.69) is 15.8 Å². The number of hydrogen-bond donors (Lipinski definition) is 2. The zero-order chi connectivity index (χ0) is 15.2. The lowest BCUT2D eigenvalue weighted by molar-refractivity contribution is -0.118. The van der Waals surface area contributed by atoms with Crippen LogP contribution in [0.4, 0.5) is 11.5 Å². The Morgan fingerprint density at radius 3 is 2.76 bits per heavy atom. The molecule has 21 heavy (non-hydrogen) atoms. The highest BCUT2D eigenvalue weighted by molar-refractivity contribution is 5.91. The maximum Gasteiger partial charge on any atom is 0.263 e. The predicted molar refractivity (Wildman–Crippen MR) is 76.1 cm³/mol. The molecule has 7 heteroatoms. The van der Waals surface area contributed by atoms with Crippen LogP contribution in [0.3, 0.4) is 0 Å². The van der Waals surface area contributed by atoms with Crippen molar-refractivity contribution in [2.45, 2.75) is 13.8 Å². The van der Waals surface area contributed by atoms with Crippen molar-refractivity contribution in [3.63, 3.8) is 0 Å². The molecule has 0 atom stereocenters. The number of ether oxygens (including phenoxy) is 1. The summed E-state index contributed by atoms with van der Waals surface area (Å²) in [5.74, 6) is 0.898. The zero-order valence-corrected chi connectivity index (χ0v) is 11.7. The summed E-state index contributed by atoms with van der Waals surface area (Å²) in [7, 11) is 0. The molecule has 1 heterocycles. The van der Waals surface area contributed by atoms with Crippen LogP contribution in [0, 0.1) is 6.92 Å². The van der Waals surface area contributed by atoms with Crippen LogP contribution in [0.1, 0.15) is 12.7 Å². The van der Waals surface area contributed by atoms with Crippen molar-refractivity contribution in [1.29, 1.82) is 0 Å². The van der Waals surface area contributed by atoms with Gasteiger partial charge in [0.05, 0.1) is 0 Å². The van der Waals surface area contributed by atoms with Gasteiger partial charge in [0.1, 0.15) is 11.5 Å². The van der Waals surface area contributed by atoms with Crippen LogP contribution in [0.25, 0.3) is 0 Å². The van der Waals surface area contributed by atoms with Gasteiger partial charge in [-0.3, -0.25) is 9.59 Å². The third-order valence-corrected chi connectivity index (χ3v) is 2.42. The van der Waals surface area contributed by atoms with Crippen molar-refractivity contribution >= 4 is 23.3 Å². The molecule has 0 saturated carbocycles. The van der Waals surface area contributed by atoms with Gasteiger partial charge in [0.25, 0.3) is 5.91 Å². The number of anilines is 2. The third-order valence-electron chi connectivity index (χ3n) is 2.42. The fraction of sp³-hybridized carbons (Fsp3) is 0.214. The third kappa shape index (κ3) is 4.64. The van der Waals surface area contributed by atoms with Gasteiger partial charge in [-0.05, 0) is 19.1 Å². The van der Waals surface area contributed by atoms with Gasteiger partial charge in [0, 0.05) is 24.7 Å². The molecule has 0 saturated heterocycles. The highest BCUT2D eigenvalue weighted by Gasteiger charge is 2.07. The van der Waals surface area contributed by atoms with Crippen molar-refractivity contribution in [3.8, 4) is 5.75 Å². The van der Waals surface area contributed by atoms with E-state index in [0.29, 0.717) is 23.0 Å². The van der Waals surface area contributed by atoms with Crippen LogP contribution in [-0.4, -0.2) is 23.6 Å². The largest absolute Gasteiger partial charge is 0.484 e. The fourth-order valence-electron chi connectivity index (χ4n) is 1.62. The smallest absolute Gasteiger partial charge is 0.263 e. The molecule has 0 bridgehead atoms. The minimum absolute atomic E-state index is 0.171. The maximum absolute atomic E-state index is 11.7. The summed E-state index contributed by atoms with van der Waals surface area (Å²) in [5.41, 5.74) is 0.604. The van der Waals surface area contributed by atoms with Crippen LogP contribution >= 0.6 is 0 Å². The van der Waals surface area contributed by atoms with Crippen LogP contribution in [0.5, 0.6) is 5.75 Å². The SMILES string of the molecule is CC(=O)Nc1cccc(OCC(=O)Nc2cc(C)on2)c1. The van der Waals surface area contributed by atoms with E-state index in [1.54, 1.807) is 37.3 Å². The molecule has 0 unspecified atom stereocenters. The molecule has 1 aromatic carbocycles. The normalized spacial score (nSPS) is 10.0. The van der Waals surface area contributed by atoms with E-state index in [1.165, 1.54) is 6.92 Å². The first kappa shape index (κ1) is 14.6. The first-order valence-electron chi connectivity index (χ1n) is 6.26. The number of aryl methyl sites for hydroxylation is 1. The lowest BCUT2D eigenvalue weighted by atomic mass is 10.3. The average Bonchev–Trinajstić information content (AvgIpc) is 2.81. The minimum atomic E-state index is -0.353. The van der Waals surface area contributed by atoms with Gasteiger partial charge in [0.15, 0.2) is 12.4 Å². The standard InChI is InChI=1S/C14H15N3O4/c1-9-6-13(17-21-9)16-14(19)8-20-12-5-3-4-11(7-12)15-10(2)18/h3-7H,8H2,1-2H3,(H,15,18)(H,16,17,19). The summed E-state index contributed by atoms with van der Waals surface area (Å²) in [6.07, 6.45) is 0. The lowest BCUT2D eigenvalue weighted by Crippen LogP contribution is -2.20. The molecule has 0 spiro atoms. The maximum atomic E-state index is 11.7. The van der Waals surface area contributed by atoms with E-state index < -0.39 is 0 Å². The number of rotatable bonds is 5. The van der Waals surface area contributed by atoms with Crippen LogP contribution in [-0.2, 0) is 9.59 Å². The summed E-state index contributed by atoms with van der Waals surface area (Å²) in [4.78, 5) is 22.6. The first-order chi connectivity index (χ1) is 10.0. The number of carbonyl (C=O) groups is 2. The van der Waals surface area contributed by atoms with E-state index in [9.17, 15) is 9.59 Å². The number of amides is 2. The Hall–Kier alpha value is -2.83. The number of aromatic nitrogens is 1. The van der Waals surface area contributed by atoms with E-state index in [0.717, 1.165) is 0 Å². The van der Waals surface area contributed by atoms with Crippen molar-refractivity contribution < 1.29 is 18.8 Å². The highest BCUT2D eigenvalue weighted by Crippen LogP contribution is 2.17. The monoisotopic (exact) mass is 289 g/mol. The topological polar surface area (TPSA) is 93.5 Å². The second kappa shape index (κ2) is 6.56. The van der Waals surface area contributed by atoms with Crippen LogP contribution in [0.15, 0.2) is 34.9 Å². The summed E-state index contributed by atoms with van der Waals surface area (Å²) in [6.45, 7) is 2.98. The van der Waals surface area contributed by atoms with Gasteiger partial charge >= 0.3 is 0 Å². The second-order valence-electron chi connectivity index (χ2n) is 4.37. The van der Waals surface area contributed by atoms with Crippen LogP contribution < -0.4 is 15.4 Å². The molecule has 0 aliphatic carbocycles. The molecule has 0 fully saturated rings. The number of carbonyl (C=O) groups excluding carboxylic acids is 2. The van der Waals surface area contributed by atoms with Gasteiger partial charge < -0.3 is 19.9 Å². The Bertz CT molecular complexity index is 651. The Kier molecular flexibility index (Phi) is 4.55. The molecule has 2 amide bonds. The lowest BCUT2D eigenvalue weighted by Gasteiger charge is -2.08. The molecular weight excluding hydrogens is 274 g/mol. The van der Waals surface area contributed by atoms with E-state index in [1.807, 2.05) is 0 Å². The molecule has 0 aliphatic heterocycles. The molecular formula is C14H15N3O4. The predicted octanol–water partition coefficient (Wildman–Crippen LogP) is 1.96. The summed E-state index contributed by atoms with van der Waals surface area (Å²) >= 11 is 0. The number of nitrogens with one attached hydrogen (secondary N) is 2. The summed E-state index contributed by atoms with van der Waals surface area (Å²) < 4.78 is 10.2. The van der Waals surface area contributed by atoms with E-state index >= 15 is 0 Å². The summed E-state index contributed by atoms with van der Waals surface area (Å²) in [6, 6.07) is 8.38. The van der Waals surface area contributed by atoms with Gasteiger partial charge in [-0.15, -0.1) is 0 Å². The van der Waals surface area contributed by atoms with Crippen molar-refractivity contribution in [1.82, 2.24) is 5.16 Å². The second-order valence-corrected chi connectivity index (χ2v) is 4.37. The number of nitrogens with zero attached hydrogens (tertiary/aromatic N) is 1. The number of hydrogen-bond acceptors (Lipinski definition) is 5. The molecule has 110 valence electrons. The van der Waals surface area contributed by atoms with E-state index in [4.69, 9.17) is 9.26 Å². The fourth-order valence-corrected chi connectivity index (χ4v) is 1.62. The van der Waals surface area contributed by atoms with Gasteiger partial charge in [-0.2, -0.15) is 0 Å². The minimum Gasteiger partial charge on any atom is -0.484 e. The number of benzene rings is 1. The molecule has 2 rings (SSSR count). The van der Waals surface area contributed by atoms with Gasteiger partial charge in [-0.1, -0.05) is 11.2 Å². The Balaban J connectivity index is 1.87. The molecule has 1 aromatic heterocycles. The molecule has 2 aromatic rings. The zero-order valence-electron chi connectivity index (χ0n) is 11.7. The molecule has 0 aliphatic rings. The van der Waals surface area contributed by atoms with Crippen molar-refractivity contribution in [2.75, 3.05) is 17.2 Å². The average molecular weight is 289 g/mol. The first-order valence-corrected chi connectivity index (χ1v) is 6.26. The Labute approximate surface area is 121 Å². The van der Waals surface area contributed by atoms with Crippen molar-refractivity contribution in [2.24, 2.45) is 0 Å².